The lowest BCUT2D eigenvalue weighted by molar-refractivity contribution is -0.144. The highest BCUT2D eigenvalue weighted by atomic mass is 16.5. The lowest BCUT2D eigenvalue weighted by Crippen LogP contribution is -2.48. The molecule has 2 aromatic rings. The molecule has 2 amide bonds. The first-order valence-electron chi connectivity index (χ1n) is 16.9. The molecule has 0 aliphatic heterocycles. The number of amides is 2. The van der Waals surface area contributed by atoms with Crippen molar-refractivity contribution in [2.45, 2.75) is 90.6 Å². The molecule has 1 saturated carbocycles. The SMILES string of the molecule is CC[C@@H](C)[C@@H](Nc1ccc2c(cc1=O)[C@H](NC(C)=O)CCc1cc(OC)c(OC)c(OC)c1-2)C(=O)NCC1(CC(=O)OC)CCCCC1. The standard InChI is InChI=1S/C37H51N3O8/c1-8-22(2)33(36(44)38-21-37(20-31(43)46-5)16-10-9-11-17-37)40-28-15-13-25-26(19-29(28)42)27(39-23(3)41)14-12-24-18-30(45-4)34(47-6)35(48-7)32(24)25/h13,15,18-19,22,27,33H,8-12,14,16-17,20-21H2,1-7H3,(H,38,44)(H,39,41)(H,40,42)/t22-,27-,33-/m1/s1. The molecule has 0 radical (unpaired) electrons. The van der Waals surface area contributed by atoms with Crippen LogP contribution in [0.5, 0.6) is 17.2 Å². The summed E-state index contributed by atoms with van der Waals surface area (Å²) in [6, 6.07) is 5.83. The monoisotopic (exact) mass is 665 g/mol. The van der Waals surface area contributed by atoms with Crippen molar-refractivity contribution in [1.29, 1.82) is 0 Å². The van der Waals surface area contributed by atoms with Crippen LogP contribution in [0.4, 0.5) is 5.69 Å². The average molecular weight is 666 g/mol. The molecule has 2 aromatic carbocycles. The van der Waals surface area contributed by atoms with Crippen LogP contribution in [0.25, 0.3) is 11.1 Å². The van der Waals surface area contributed by atoms with Gasteiger partial charge in [0.1, 0.15) is 6.04 Å². The minimum Gasteiger partial charge on any atom is -0.493 e. The van der Waals surface area contributed by atoms with Crippen LogP contribution in [0.15, 0.2) is 29.1 Å². The lowest BCUT2D eigenvalue weighted by Gasteiger charge is -2.37. The normalized spacial score (nSPS) is 17.7. The van der Waals surface area contributed by atoms with E-state index in [1.165, 1.54) is 14.0 Å². The summed E-state index contributed by atoms with van der Waals surface area (Å²) in [7, 11) is 6.05. The number of nitrogens with one attached hydrogen (secondary N) is 3. The van der Waals surface area contributed by atoms with Gasteiger partial charge in [-0.25, -0.2) is 0 Å². The van der Waals surface area contributed by atoms with Crippen molar-refractivity contribution in [2.75, 3.05) is 40.3 Å². The predicted octanol–water partition coefficient (Wildman–Crippen LogP) is 5.32. The number of benzene rings is 1. The van der Waals surface area contributed by atoms with E-state index in [0.29, 0.717) is 54.2 Å². The molecule has 3 N–H and O–H groups in total. The number of carbonyl (C=O) groups is 3. The second-order valence-corrected chi connectivity index (χ2v) is 13.1. The van der Waals surface area contributed by atoms with Crippen molar-refractivity contribution in [3.8, 4) is 28.4 Å². The summed E-state index contributed by atoms with van der Waals surface area (Å²) >= 11 is 0. The Kier molecular flexibility index (Phi) is 12.3. The van der Waals surface area contributed by atoms with Crippen molar-refractivity contribution in [3.05, 3.63) is 45.6 Å². The number of esters is 1. The van der Waals surface area contributed by atoms with Crippen LogP contribution in [0.2, 0.25) is 0 Å². The van der Waals surface area contributed by atoms with Crippen molar-refractivity contribution in [2.24, 2.45) is 11.3 Å². The molecular weight excluding hydrogens is 614 g/mol. The summed E-state index contributed by atoms with van der Waals surface area (Å²) in [5.74, 6) is 0.571. The minimum absolute atomic E-state index is 0.111. The summed E-state index contributed by atoms with van der Waals surface area (Å²) in [5.41, 5.74) is 2.61. The Labute approximate surface area is 283 Å². The molecule has 0 saturated heterocycles. The first-order chi connectivity index (χ1) is 23.0. The third kappa shape index (κ3) is 8.05. The zero-order chi connectivity index (χ0) is 35.0. The Bertz CT molecular complexity index is 1550. The molecule has 262 valence electrons. The number of anilines is 1. The Morgan fingerprint density at radius 2 is 1.69 bits per heavy atom. The molecule has 11 heteroatoms. The molecule has 0 aromatic heterocycles. The molecule has 0 heterocycles. The maximum Gasteiger partial charge on any atom is 0.306 e. The van der Waals surface area contributed by atoms with E-state index >= 15 is 0 Å². The summed E-state index contributed by atoms with van der Waals surface area (Å²) in [5, 5.41) is 9.43. The van der Waals surface area contributed by atoms with Gasteiger partial charge in [-0.2, -0.15) is 0 Å². The topological polar surface area (TPSA) is 141 Å². The molecule has 4 rings (SSSR count). The van der Waals surface area contributed by atoms with Crippen LogP contribution in [-0.4, -0.2) is 58.8 Å². The van der Waals surface area contributed by atoms with Gasteiger partial charge in [0.15, 0.2) is 11.5 Å². The van der Waals surface area contributed by atoms with Gasteiger partial charge in [-0.15, -0.1) is 0 Å². The lowest BCUT2D eigenvalue weighted by atomic mass is 9.71. The highest BCUT2D eigenvalue weighted by Crippen LogP contribution is 2.50. The number of ether oxygens (including phenoxy) is 4. The Hall–Kier alpha value is -4.28. The van der Waals surface area contributed by atoms with Gasteiger partial charge in [0.05, 0.1) is 46.6 Å². The zero-order valence-electron chi connectivity index (χ0n) is 29.4. The fourth-order valence-corrected chi connectivity index (χ4v) is 7.18. The number of carbonyl (C=O) groups excluding carboxylic acids is 3. The second-order valence-electron chi connectivity index (χ2n) is 13.1. The molecule has 2 aliphatic carbocycles. The molecular formula is C37H51N3O8. The highest BCUT2D eigenvalue weighted by Gasteiger charge is 2.37. The van der Waals surface area contributed by atoms with Gasteiger partial charge in [0, 0.05) is 19.0 Å². The van der Waals surface area contributed by atoms with Gasteiger partial charge >= 0.3 is 5.97 Å². The van der Waals surface area contributed by atoms with Crippen molar-refractivity contribution in [3.63, 3.8) is 0 Å². The van der Waals surface area contributed by atoms with E-state index < -0.39 is 12.1 Å². The van der Waals surface area contributed by atoms with Gasteiger partial charge in [-0.3, -0.25) is 19.2 Å². The maximum absolute atomic E-state index is 14.0. The number of hydrogen-bond acceptors (Lipinski definition) is 9. The summed E-state index contributed by atoms with van der Waals surface area (Å²) in [6.45, 7) is 5.78. The number of hydrogen-bond donors (Lipinski definition) is 3. The van der Waals surface area contributed by atoms with E-state index in [4.69, 9.17) is 18.9 Å². The number of fused-ring (bicyclic) bond motifs is 3. The number of rotatable bonds is 13. The van der Waals surface area contributed by atoms with Crippen LogP contribution in [0, 0.1) is 11.3 Å². The van der Waals surface area contributed by atoms with Gasteiger partial charge in [0.25, 0.3) is 0 Å². The van der Waals surface area contributed by atoms with Crippen LogP contribution >= 0.6 is 0 Å². The predicted molar refractivity (Wildman–Crippen MR) is 185 cm³/mol. The van der Waals surface area contributed by atoms with E-state index in [9.17, 15) is 19.2 Å². The van der Waals surface area contributed by atoms with Crippen molar-refractivity contribution in [1.82, 2.24) is 10.6 Å². The summed E-state index contributed by atoms with van der Waals surface area (Å²) < 4.78 is 22.2. The number of methoxy groups -OCH3 is 4. The Morgan fingerprint density at radius 3 is 2.29 bits per heavy atom. The molecule has 0 spiro atoms. The second kappa shape index (κ2) is 16.2. The third-order valence-corrected chi connectivity index (χ3v) is 10.0. The molecule has 3 atom stereocenters. The summed E-state index contributed by atoms with van der Waals surface area (Å²) in [4.78, 5) is 52.4. The third-order valence-electron chi connectivity index (χ3n) is 10.0. The smallest absolute Gasteiger partial charge is 0.306 e. The van der Waals surface area contributed by atoms with E-state index in [-0.39, 0.29) is 46.7 Å². The minimum atomic E-state index is -0.707. The first kappa shape index (κ1) is 36.6. The van der Waals surface area contributed by atoms with E-state index in [1.807, 2.05) is 26.0 Å². The Balaban J connectivity index is 1.76. The van der Waals surface area contributed by atoms with Gasteiger partial charge < -0.3 is 34.9 Å². The molecule has 11 nitrogen and oxygen atoms in total. The zero-order valence-corrected chi connectivity index (χ0v) is 29.4. The molecule has 2 aliphatic rings. The number of aryl methyl sites for hydroxylation is 1. The van der Waals surface area contributed by atoms with Crippen LogP contribution < -0.4 is 35.6 Å². The van der Waals surface area contributed by atoms with Gasteiger partial charge in [-0.1, -0.05) is 45.6 Å². The van der Waals surface area contributed by atoms with Crippen LogP contribution in [-0.2, 0) is 25.5 Å². The highest BCUT2D eigenvalue weighted by molar-refractivity contribution is 5.86. The van der Waals surface area contributed by atoms with E-state index in [1.54, 1.807) is 33.5 Å². The first-order valence-corrected chi connectivity index (χ1v) is 16.9. The fourth-order valence-electron chi connectivity index (χ4n) is 7.18. The largest absolute Gasteiger partial charge is 0.493 e. The van der Waals surface area contributed by atoms with Gasteiger partial charge in [-0.05, 0) is 71.9 Å². The van der Waals surface area contributed by atoms with Gasteiger partial charge in [0.2, 0.25) is 23.0 Å². The van der Waals surface area contributed by atoms with Crippen molar-refractivity contribution >= 4 is 23.5 Å². The molecule has 1 fully saturated rings. The molecule has 0 bridgehead atoms. The molecule has 0 unspecified atom stereocenters. The maximum atomic E-state index is 14.0. The van der Waals surface area contributed by atoms with Crippen molar-refractivity contribution < 1.29 is 33.3 Å². The fraction of sp³-hybridized carbons (Fsp3) is 0.568. The van der Waals surface area contributed by atoms with Crippen LogP contribution in [0.3, 0.4) is 0 Å². The molecule has 48 heavy (non-hydrogen) atoms. The Morgan fingerprint density at radius 1 is 0.979 bits per heavy atom. The average Bonchev–Trinajstić information content (AvgIpc) is 3.33. The van der Waals surface area contributed by atoms with E-state index in [0.717, 1.165) is 43.2 Å². The van der Waals surface area contributed by atoms with Crippen LogP contribution in [0.1, 0.15) is 89.3 Å². The quantitative estimate of drug-likeness (QED) is 0.243. The van der Waals surface area contributed by atoms with E-state index in [2.05, 4.69) is 16.0 Å². The summed E-state index contributed by atoms with van der Waals surface area (Å²) in [6.07, 6.45) is 6.85.